The van der Waals surface area contributed by atoms with Crippen LogP contribution >= 0.6 is 0 Å². The Hall–Kier alpha value is -1.04. The Bertz CT molecular complexity index is 313. The second-order valence-corrected chi connectivity index (χ2v) is 5.47. The van der Waals surface area contributed by atoms with E-state index < -0.39 is 5.41 Å². The molecule has 3 nitrogen and oxygen atoms in total. The first-order chi connectivity index (χ1) is 7.60. The second kappa shape index (κ2) is 4.08. The van der Waals surface area contributed by atoms with Crippen molar-refractivity contribution in [3.05, 3.63) is 0 Å². The fraction of sp³-hybridized carbons (Fsp3) is 0.846. The highest BCUT2D eigenvalue weighted by atomic mass is 16.2. The van der Waals surface area contributed by atoms with Crippen LogP contribution in [0.3, 0.4) is 0 Å². The maximum absolute atomic E-state index is 12.1. The van der Waals surface area contributed by atoms with Gasteiger partial charge in [0.25, 0.3) is 0 Å². The lowest BCUT2D eigenvalue weighted by atomic mass is 9.87. The normalized spacial score (nSPS) is 23.6. The van der Waals surface area contributed by atoms with E-state index >= 15 is 0 Å². The summed E-state index contributed by atoms with van der Waals surface area (Å²) < 4.78 is 0. The lowest BCUT2D eigenvalue weighted by Crippen LogP contribution is -2.45. The zero-order valence-corrected chi connectivity index (χ0v) is 10.1. The van der Waals surface area contributed by atoms with Gasteiger partial charge in [-0.15, -0.1) is 0 Å². The molecule has 2 fully saturated rings. The molecule has 88 valence electrons. The molecule has 1 unspecified atom stereocenters. The summed E-state index contributed by atoms with van der Waals surface area (Å²) in [4.78, 5) is 12.1. The highest BCUT2D eigenvalue weighted by Crippen LogP contribution is 2.44. The Morgan fingerprint density at radius 1 is 1.44 bits per heavy atom. The third kappa shape index (κ3) is 2.21. The van der Waals surface area contributed by atoms with Crippen LogP contribution in [0.2, 0.25) is 0 Å². The average Bonchev–Trinajstić information content (AvgIpc) is 3.17. The van der Waals surface area contributed by atoms with Crippen LogP contribution in [-0.2, 0) is 4.79 Å². The fourth-order valence-electron chi connectivity index (χ4n) is 2.13. The van der Waals surface area contributed by atoms with Crippen molar-refractivity contribution in [2.45, 2.75) is 52.0 Å². The molecule has 0 aliphatic heterocycles. The predicted octanol–water partition coefficient (Wildman–Crippen LogP) is 2.23. The van der Waals surface area contributed by atoms with Crippen molar-refractivity contribution in [3.63, 3.8) is 0 Å². The minimum Gasteiger partial charge on any atom is -0.351 e. The lowest BCUT2D eigenvalue weighted by molar-refractivity contribution is -0.128. The van der Waals surface area contributed by atoms with Crippen LogP contribution < -0.4 is 5.32 Å². The van der Waals surface area contributed by atoms with E-state index in [4.69, 9.17) is 5.26 Å². The van der Waals surface area contributed by atoms with E-state index in [1.807, 2.05) is 6.92 Å². The fourth-order valence-corrected chi connectivity index (χ4v) is 2.13. The van der Waals surface area contributed by atoms with Crippen molar-refractivity contribution in [1.82, 2.24) is 5.32 Å². The van der Waals surface area contributed by atoms with Gasteiger partial charge in [-0.2, -0.15) is 5.26 Å². The summed E-state index contributed by atoms with van der Waals surface area (Å²) in [6.45, 7) is 3.63. The largest absolute Gasteiger partial charge is 0.351 e. The van der Waals surface area contributed by atoms with Gasteiger partial charge in [0, 0.05) is 6.04 Å². The molecule has 1 atom stereocenters. The molecule has 2 saturated carbocycles. The van der Waals surface area contributed by atoms with Crippen molar-refractivity contribution in [2.24, 2.45) is 17.3 Å². The van der Waals surface area contributed by atoms with Crippen molar-refractivity contribution in [2.75, 3.05) is 0 Å². The minimum absolute atomic E-state index is 0.0682. The van der Waals surface area contributed by atoms with Crippen LogP contribution in [0.5, 0.6) is 0 Å². The molecule has 0 bridgehead atoms. The van der Waals surface area contributed by atoms with Crippen molar-refractivity contribution >= 4 is 5.91 Å². The van der Waals surface area contributed by atoms with Crippen molar-refractivity contribution < 1.29 is 4.79 Å². The number of nitrogens with zero attached hydrogens (tertiary/aromatic N) is 1. The number of nitriles is 1. The topological polar surface area (TPSA) is 52.9 Å². The molecule has 0 radical (unpaired) electrons. The molecule has 0 saturated heterocycles. The number of amides is 1. The van der Waals surface area contributed by atoms with Gasteiger partial charge in [0.15, 0.2) is 0 Å². The molecular formula is C13H20N2O. The molecule has 1 amide bonds. The second-order valence-electron chi connectivity index (χ2n) is 5.47. The molecule has 0 heterocycles. The Kier molecular flexibility index (Phi) is 2.92. The predicted molar refractivity (Wildman–Crippen MR) is 61.4 cm³/mol. The minimum atomic E-state index is -0.845. The van der Waals surface area contributed by atoms with Gasteiger partial charge >= 0.3 is 0 Å². The zero-order chi connectivity index (χ0) is 11.8. The van der Waals surface area contributed by atoms with Gasteiger partial charge in [0.2, 0.25) is 5.91 Å². The summed E-state index contributed by atoms with van der Waals surface area (Å²) >= 11 is 0. The molecule has 0 aromatic rings. The first-order valence-corrected chi connectivity index (χ1v) is 6.33. The van der Waals surface area contributed by atoms with Gasteiger partial charge in [-0.1, -0.05) is 6.92 Å². The summed E-state index contributed by atoms with van der Waals surface area (Å²) in [6, 6.07) is 2.49. The van der Waals surface area contributed by atoms with Gasteiger partial charge in [-0.05, 0) is 50.9 Å². The highest BCUT2D eigenvalue weighted by Gasteiger charge is 2.44. The smallest absolute Gasteiger partial charge is 0.240 e. The lowest BCUT2D eigenvalue weighted by Gasteiger charge is -2.24. The molecular weight excluding hydrogens is 200 g/mol. The summed E-state index contributed by atoms with van der Waals surface area (Å²) in [6.07, 6.45) is 5.57. The third-order valence-electron chi connectivity index (χ3n) is 4.01. The van der Waals surface area contributed by atoms with Gasteiger partial charge < -0.3 is 5.32 Å². The molecule has 16 heavy (non-hydrogen) atoms. The molecule has 2 rings (SSSR count). The third-order valence-corrected chi connectivity index (χ3v) is 4.01. The maximum Gasteiger partial charge on any atom is 0.240 e. The van der Waals surface area contributed by atoms with Crippen LogP contribution in [0.1, 0.15) is 46.0 Å². The van der Waals surface area contributed by atoms with E-state index in [2.05, 4.69) is 11.4 Å². The van der Waals surface area contributed by atoms with Crippen LogP contribution in [0.15, 0.2) is 0 Å². The zero-order valence-electron chi connectivity index (χ0n) is 10.1. The number of carbonyl (C=O) groups is 1. The van der Waals surface area contributed by atoms with E-state index in [0.717, 1.165) is 0 Å². The summed E-state index contributed by atoms with van der Waals surface area (Å²) in [5.41, 5.74) is -0.845. The number of nitrogens with one attached hydrogen (secondary N) is 1. The van der Waals surface area contributed by atoms with E-state index in [-0.39, 0.29) is 5.91 Å². The summed E-state index contributed by atoms with van der Waals surface area (Å²) in [5.74, 6) is 1.31. The maximum atomic E-state index is 12.1. The SMILES string of the molecule is CCC(C)(C#N)C(=O)NC(C1CC1)C1CC1. The summed E-state index contributed by atoms with van der Waals surface area (Å²) in [7, 11) is 0. The van der Waals surface area contributed by atoms with Gasteiger partial charge in [0.1, 0.15) is 5.41 Å². The van der Waals surface area contributed by atoms with E-state index in [9.17, 15) is 4.79 Å². The standard InChI is InChI=1S/C13H20N2O/c1-3-13(2,8-14)12(16)15-11(9-4-5-9)10-6-7-10/h9-11H,3-7H2,1-2H3,(H,15,16). The number of rotatable bonds is 5. The Morgan fingerprint density at radius 3 is 2.25 bits per heavy atom. The van der Waals surface area contributed by atoms with Gasteiger partial charge in [0.05, 0.1) is 6.07 Å². The Balaban J connectivity index is 1.97. The molecule has 0 aromatic heterocycles. The Labute approximate surface area is 97.2 Å². The van der Waals surface area contributed by atoms with E-state index in [0.29, 0.717) is 24.3 Å². The van der Waals surface area contributed by atoms with Crippen LogP contribution in [0.4, 0.5) is 0 Å². The molecule has 2 aliphatic carbocycles. The molecule has 0 spiro atoms. The monoisotopic (exact) mass is 220 g/mol. The molecule has 1 N–H and O–H groups in total. The number of hydrogen-bond donors (Lipinski definition) is 1. The number of carbonyl (C=O) groups excluding carboxylic acids is 1. The number of hydrogen-bond acceptors (Lipinski definition) is 2. The summed E-state index contributed by atoms with van der Waals surface area (Å²) in [5, 5.41) is 12.2. The molecule has 0 aromatic carbocycles. The first-order valence-electron chi connectivity index (χ1n) is 6.33. The van der Waals surface area contributed by atoms with Crippen molar-refractivity contribution in [1.29, 1.82) is 5.26 Å². The quantitative estimate of drug-likeness (QED) is 0.772. The van der Waals surface area contributed by atoms with Crippen molar-refractivity contribution in [3.8, 4) is 6.07 Å². The average molecular weight is 220 g/mol. The van der Waals surface area contributed by atoms with Crippen LogP contribution in [0, 0.1) is 28.6 Å². The van der Waals surface area contributed by atoms with E-state index in [1.165, 1.54) is 25.7 Å². The Morgan fingerprint density at radius 2 is 1.94 bits per heavy atom. The molecule has 2 aliphatic rings. The van der Waals surface area contributed by atoms with E-state index in [1.54, 1.807) is 6.92 Å². The van der Waals surface area contributed by atoms with Crippen LogP contribution in [0.25, 0.3) is 0 Å². The first kappa shape index (κ1) is 11.4. The van der Waals surface area contributed by atoms with Crippen LogP contribution in [-0.4, -0.2) is 11.9 Å². The van der Waals surface area contributed by atoms with Gasteiger partial charge in [-0.25, -0.2) is 0 Å². The van der Waals surface area contributed by atoms with Gasteiger partial charge in [-0.3, -0.25) is 4.79 Å². The molecule has 3 heteroatoms. The highest BCUT2D eigenvalue weighted by molar-refractivity contribution is 5.85.